The average molecular weight is 356 g/mol. The lowest BCUT2D eigenvalue weighted by Gasteiger charge is -2.18. The van der Waals surface area contributed by atoms with Crippen molar-refractivity contribution in [3.8, 4) is 16.9 Å². The zero-order valence-electron chi connectivity index (χ0n) is 12.2. The second kappa shape index (κ2) is 5.76. The van der Waals surface area contributed by atoms with E-state index < -0.39 is 39.9 Å². The van der Waals surface area contributed by atoms with E-state index in [0.29, 0.717) is 9.87 Å². The number of aliphatic hydroxyl groups is 1. The highest BCUT2D eigenvalue weighted by Gasteiger charge is 2.38. The summed E-state index contributed by atoms with van der Waals surface area (Å²) in [6.45, 7) is -0.560. The second-order valence-electron chi connectivity index (χ2n) is 5.05. The van der Waals surface area contributed by atoms with Crippen LogP contribution in [0, 0.1) is 5.82 Å². The molecule has 2 heterocycles. The van der Waals surface area contributed by atoms with Crippen molar-refractivity contribution in [2.24, 2.45) is 0 Å². The fourth-order valence-electron chi connectivity index (χ4n) is 2.39. The van der Waals surface area contributed by atoms with Crippen molar-refractivity contribution in [2.75, 3.05) is 17.5 Å². The van der Waals surface area contributed by atoms with Gasteiger partial charge in [-0.2, -0.15) is 13.5 Å². The lowest BCUT2D eigenvalue weighted by molar-refractivity contribution is -0.117. The predicted octanol–water partition coefficient (Wildman–Crippen LogP) is -0.432. The number of rotatable bonds is 4. The molecule has 3 N–H and O–H groups in total. The van der Waals surface area contributed by atoms with Crippen molar-refractivity contribution < 1.29 is 27.8 Å². The summed E-state index contributed by atoms with van der Waals surface area (Å²) < 4.78 is 42.2. The number of amides is 1. The fraction of sp³-hybridized carbons (Fsp3) is 0.231. The first-order valence-electron chi connectivity index (χ1n) is 6.82. The normalized spacial score (nSPS) is 16.4. The standard InChI is InChI=1S/C13H13FN4O5S/c14-12-9(8-5-15-17(6-8)3-4-19)1-2-10(20)13(12)18-7-11(21)16-24(18,22)23/h1-2,5-6,19-20H,3-4,7H2,(H,16,21). The Morgan fingerprint density at radius 1 is 1.38 bits per heavy atom. The number of anilines is 1. The maximum atomic E-state index is 14.8. The number of phenols is 1. The molecule has 9 nitrogen and oxygen atoms in total. The van der Waals surface area contributed by atoms with Crippen LogP contribution < -0.4 is 9.03 Å². The van der Waals surface area contributed by atoms with Crippen LogP contribution in [-0.2, 0) is 21.5 Å². The van der Waals surface area contributed by atoms with Gasteiger partial charge in [0.25, 0.3) is 5.91 Å². The summed E-state index contributed by atoms with van der Waals surface area (Å²) in [6, 6.07) is 2.40. The van der Waals surface area contributed by atoms with Crippen molar-refractivity contribution >= 4 is 21.8 Å². The molecule has 1 aromatic carbocycles. The van der Waals surface area contributed by atoms with Crippen LogP contribution >= 0.6 is 0 Å². The van der Waals surface area contributed by atoms with Crippen LogP contribution in [0.1, 0.15) is 0 Å². The van der Waals surface area contributed by atoms with Crippen LogP contribution in [0.25, 0.3) is 11.1 Å². The molecule has 0 spiro atoms. The quantitative estimate of drug-likeness (QED) is 0.683. The average Bonchev–Trinajstić information content (AvgIpc) is 3.04. The van der Waals surface area contributed by atoms with Gasteiger partial charge >= 0.3 is 10.2 Å². The molecular formula is C13H13FN4O5S. The zero-order valence-corrected chi connectivity index (χ0v) is 13.0. The smallest absolute Gasteiger partial charge is 0.326 e. The third-order valence-electron chi connectivity index (χ3n) is 3.44. The summed E-state index contributed by atoms with van der Waals surface area (Å²) in [4.78, 5) is 11.3. The van der Waals surface area contributed by atoms with Crippen molar-refractivity contribution in [1.82, 2.24) is 14.5 Å². The Morgan fingerprint density at radius 2 is 2.12 bits per heavy atom. The van der Waals surface area contributed by atoms with Gasteiger partial charge in [-0.25, -0.2) is 13.4 Å². The number of aromatic hydroxyl groups is 1. The minimum atomic E-state index is -4.26. The van der Waals surface area contributed by atoms with Gasteiger partial charge in [0.2, 0.25) is 0 Å². The number of carbonyl (C=O) groups is 1. The van der Waals surface area contributed by atoms with Gasteiger partial charge in [0.15, 0.2) is 5.82 Å². The maximum Gasteiger partial charge on any atom is 0.326 e. The van der Waals surface area contributed by atoms with Crippen LogP contribution in [0.5, 0.6) is 5.75 Å². The fourth-order valence-corrected chi connectivity index (χ4v) is 3.55. The molecule has 0 aliphatic carbocycles. The Morgan fingerprint density at radius 3 is 2.75 bits per heavy atom. The summed E-state index contributed by atoms with van der Waals surface area (Å²) in [7, 11) is -4.26. The molecule has 1 aliphatic rings. The maximum absolute atomic E-state index is 14.8. The van der Waals surface area contributed by atoms with Gasteiger partial charge in [-0.1, -0.05) is 0 Å². The first kappa shape index (κ1) is 16.2. The van der Waals surface area contributed by atoms with E-state index in [9.17, 15) is 22.7 Å². The van der Waals surface area contributed by atoms with E-state index in [-0.39, 0.29) is 18.7 Å². The summed E-state index contributed by atoms with van der Waals surface area (Å²) in [5.41, 5.74) is -0.277. The molecule has 1 saturated heterocycles. The molecule has 0 atom stereocenters. The van der Waals surface area contributed by atoms with Gasteiger partial charge in [0, 0.05) is 17.3 Å². The minimum Gasteiger partial charge on any atom is -0.506 e. The minimum absolute atomic E-state index is 0.00142. The van der Waals surface area contributed by atoms with Crippen molar-refractivity contribution in [3.05, 3.63) is 30.3 Å². The first-order chi connectivity index (χ1) is 11.3. The predicted molar refractivity (Wildman–Crippen MR) is 80.8 cm³/mol. The number of aromatic nitrogens is 2. The first-order valence-corrected chi connectivity index (χ1v) is 8.26. The Kier molecular flexibility index (Phi) is 3.89. The van der Waals surface area contributed by atoms with Crippen LogP contribution in [0.3, 0.4) is 0 Å². The van der Waals surface area contributed by atoms with E-state index in [1.807, 2.05) is 0 Å². The van der Waals surface area contributed by atoms with Gasteiger partial charge in [0.05, 0.1) is 19.3 Å². The zero-order chi connectivity index (χ0) is 17.5. The molecule has 1 aliphatic heterocycles. The largest absolute Gasteiger partial charge is 0.506 e. The summed E-state index contributed by atoms with van der Waals surface area (Å²) in [5, 5.41) is 22.7. The number of halogens is 1. The van der Waals surface area contributed by atoms with E-state index in [0.717, 1.165) is 6.07 Å². The highest BCUT2D eigenvalue weighted by atomic mass is 32.2. The monoisotopic (exact) mass is 356 g/mol. The number of hydrogen-bond donors (Lipinski definition) is 3. The molecule has 1 fully saturated rings. The number of nitrogens with zero attached hydrogens (tertiary/aromatic N) is 3. The summed E-state index contributed by atoms with van der Waals surface area (Å²) in [6.07, 6.45) is 2.81. The third kappa shape index (κ3) is 2.67. The molecule has 1 aromatic heterocycles. The molecule has 11 heteroatoms. The highest BCUT2D eigenvalue weighted by molar-refractivity contribution is 7.92. The van der Waals surface area contributed by atoms with E-state index >= 15 is 0 Å². The Balaban J connectivity index is 2.10. The van der Waals surface area contributed by atoms with Gasteiger partial charge in [-0.15, -0.1) is 0 Å². The van der Waals surface area contributed by atoms with Crippen LogP contribution in [-0.4, -0.2) is 47.5 Å². The van der Waals surface area contributed by atoms with Crippen molar-refractivity contribution in [1.29, 1.82) is 0 Å². The number of phenolic OH excluding ortho intramolecular Hbond substituents is 1. The van der Waals surface area contributed by atoms with Crippen molar-refractivity contribution in [2.45, 2.75) is 6.54 Å². The van der Waals surface area contributed by atoms with Crippen molar-refractivity contribution in [3.63, 3.8) is 0 Å². The lowest BCUT2D eigenvalue weighted by Crippen LogP contribution is -2.30. The molecule has 1 amide bonds. The molecule has 0 saturated carbocycles. The summed E-state index contributed by atoms with van der Waals surface area (Å²) >= 11 is 0. The lowest BCUT2D eigenvalue weighted by atomic mass is 10.1. The van der Waals surface area contributed by atoms with Gasteiger partial charge in [0.1, 0.15) is 18.0 Å². The highest BCUT2D eigenvalue weighted by Crippen LogP contribution is 2.38. The number of hydrogen-bond acceptors (Lipinski definition) is 6. The van der Waals surface area contributed by atoms with E-state index in [1.54, 1.807) is 4.72 Å². The molecule has 2 aromatic rings. The SMILES string of the molecule is O=C1CN(c2c(O)ccc(-c3cnn(CCO)c3)c2F)S(=O)(=O)N1. The Labute approximate surface area is 136 Å². The number of benzene rings is 1. The van der Waals surface area contributed by atoms with Crippen LogP contribution in [0.15, 0.2) is 24.5 Å². The number of nitrogens with one attached hydrogen (secondary N) is 1. The number of carbonyl (C=O) groups excluding carboxylic acids is 1. The molecular weight excluding hydrogens is 343 g/mol. The Hall–Kier alpha value is -2.66. The van der Waals surface area contributed by atoms with Crippen LogP contribution in [0.4, 0.5) is 10.1 Å². The van der Waals surface area contributed by atoms with E-state index in [1.165, 1.54) is 23.1 Å². The third-order valence-corrected chi connectivity index (χ3v) is 4.82. The van der Waals surface area contributed by atoms with Gasteiger partial charge in [-0.3, -0.25) is 9.48 Å². The molecule has 0 bridgehead atoms. The molecule has 0 radical (unpaired) electrons. The van der Waals surface area contributed by atoms with E-state index in [4.69, 9.17) is 5.11 Å². The molecule has 0 unspecified atom stereocenters. The second-order valence-corrected chi connectivity index (χ2v) is 6.64. The van der Waals surface area contributed by atoms with E-state index in [2.05, 4.69) is 5.10 Å². The molecule has 24 heavy (non-hydrogen) atoms. The van der Waals surface area contributed by atoms with Gasteiger partial charge in [-0.05, 0) is 12.1 Å². The number of aliphatic hydroxyl groups excluding tert-OH is 1. The summed E-state index contributed by atoms with van der Waals surface area (Å²) in [5.74, 6) is -2.44. The topological polar surface area (TPSA) is 125 Å². The molecule has 3 rings (SSSR count). The van der Waals surface area contributed by atoms with Crippen LogP contribution in [0.2, 0.25) is 0 Å². The molecule has 128 valence electrons. The Bertz CT molecular complexity index is 911. The van der Waals surface area contributed by atoms with Gasteiger partial charge < -0.3 is 10.2 Å².